The monoisotopic (exact) mass is 400 g/mol. The molecule has 0 aliphatic carbocycles. The van der Waals surface area contributed by atoms with Gasteiger partial charge in [-0.05, 0) is 0 Å². The number of rotatable bonds is 0. The standard InChI is InChI=1S/C12H27P.Au/c1-10(2,3)13(11(4,5)6)12(7,8)9;/h1-9H3;/q;-1/p+1. The van der Waals surface area contributed by atoms with E-state index in [1.165, 1.54) is 0 Å². The van der Waals surface area contributed by atoms with Gasteiger partial charge in [-0.3, -0.25) is 0 Å². The van der Waals surface area contributed by atoms with E-state index in [0.717, 1.165) is 0 Å². The van der Waals surface area contributed by atoms with E-state index in [4.69, 9.17) is 0 Å². The normalized spacial score (nSPS) is 17.1. The molecule has 0 saturated carbocycles. The summed E-state index contributed by atoms with van der Waals surface area (Å²) in [5.41, 5.74) is 0. The van der Waals surface area contributed by atoms with Crippen molar-refractivity contribution in [1.29, 1.82) is 0 Å². The van der Waals surface area contributed by atoms with Crippen molar-refractivity contribution < 1.29 is 20.5 Å². The summed E-state index contributed by atoms with van der Waals surface area (Å²) < 4.78 is 0. The van der Waals surface area contributed by atoms with Gasteiger partial charge in [0.05, 0.1) is 0 Å². The van der Waals surface area contributed by atoms with Crippen molar-refractivity contribution in [2.75, 3.05) is 0 Å². The van der Waals surface area contributed by atoms with E-state index in [0.29, 0.717) is 15.5 Å². The Hall–Kier alpha value is 1.17. The molecule has 0 aromatic heterocycles. The first-order chi connectivity index (χ1) is 5.75. The summed E-state index contributed by atoms with van der Waals surface area (Å²) in [6, 6.07) is 0. The SMILES string of the molecule is CC(C)(C)[PH]([Au])(C(C)(C)C)C(C)(C)C. The van der Waals surface area contributed by atoms with Crippen LogP contribution in [-0.2, 0) is 20.5 Å². The minimum absolute atomic E-state index is 0.437. The van der Waals surface area contributed by atoms with Crippen LogP contribution < -0.4 is 0 Å². The Morgan fingerprint density at radius 1 is 0.571 bits per heavy atom. The molecule has 0 aromatic rings. The van der Waals surface area contributed by atoms with E-state index >= 15 is 0 Å². The molecule has 0 spiro atoms. The van der Waals surface area contributed by atoms with Crippen LogP contribution in [0.2, 0.25) is 0 Å². The first kappa shape index (κ1) is 15.2. The first-order valence-corrected chi connectivity index (χ1v) is 10.5. The molecule has 0 aliphatic rings. The van der Waals surface area contributed by atoms with Gasteiger partial charge >= 0.3 is 103 Å². The van der Waals surface area contributed by atoms with Crippen LogP contribution in [0.1, 0.15) is 62.3 Å². The van der Waals surface area contributed by atoms with Crippen LogP contribution in [0.5, 0.6) is 0 Å². The average Bonchev–Trinajstić information content (AvgIpc) is 1.77. The summed E-state index contributed by atoms with van der Waals surface area (Å²) in [4.78, 5) is 0. The summed E-state index contributed by atoms with van der Waals surface area (Å²) in [6.07, 6.45) is 0. The van der Waals surface area contributed by atoms with Crippen molar-refractivity contribution in [2.24, 2.45) is 0 Å². The van der Waals surface area contributed by atoms with Gasteiger partial charge in [-0.25, -0.2) is 0 Å². The van der Waals surface area contributed by atoms with Gasteiger partial charge in [0.1, 0.15) is 0 Å². The molecule has 0 nitrogen and oxygen atoms in total. The fraction of sp³-hybridized carbons (Fsp3) is 1.00. The van der Waals surface area contributed by atoms with Gasteiger partial charge in [0.15, 0.2) is 0 Å². The van der Waals surface area contributed by atoms with Crippen LogP contribution in [0.15, 0.2) is 0 Å². The zero-order valence-corrected chi connectivity index (χ0v) is 14.5. The van der Waals surface area contributed by atoms with Gasteiger partial charge in [0, 0.05) is 0 Å². The third kappa shape index (κ3) is 2.46. The molecule has 0 radical (unpaired) electrons. The summed E-state index contributed by atoms with van der Waals surface area (Å²) in [7, 11) is 0. The zero-order chi connectivity index (χ0) is 12.0. The second-order valence-electron chi connectivity index (χ2n) is 7.35. The van der Waals surface area contributed by atoms with E-state index in [9.17, 15) is 0 Å². The summed E-state index contributed by atoms with van der Waals surface area (Å²) in [6.45, 7) is 21.7. The van der Waals surface area contributed by atoms with E-state index in [1.54, 1.807) is 0 Å². The van der Waals surface area contributed by atoms with E-state index in [1.807, 2.05) is 0 Å². The maximum absolute atomic E-state index is 3.05. The molecule has 0 aromatic carbocycles. The van der Waals surface area contributed by atoms with Gasteiger partial charge in [0.2, 0.25) is 0 Å². The Kier molecular flexibility index (Phi) is 4.20. The summed E-state index contributed by atoms with van der Waals surface area (Å²) in [5.74, 6) is 0. The average molecular weight is 400 g/mol. The van der Waals surface area contributed by atoms with Crippen molar-refractivity contribution in [3.63, 3.8) is 0 Å². The van der Waals surface area contributed by atoms with Gasteiger partial charge in [-0.15, -0.1) is 0 Å². The number of hydrogen-bond donors (Lipinski definition) is 0. The van der Waals surface area contributed by atoms with Crippen LogP contribution in [-0.4, -0.2) is 15.5 Å². The van der Waals surface area contributed by atoms with Gasteiger partial charge in [-0.1, -0.05) is 0 Å². The Morgan fingerprint density at radius 3 is 0.714 bits per heavy atom. The third-order valence-corrected chi connectivity index (χ3v) is 23.4. The van der Waals surface area contributed by atoms with Crippen molar-refractivity contribution in [3.8, 4) is 0 Å². The van der Waals surface area contributed by atoms with Crippen LogP contribution >= 0.6 is 5.15 Å². The van der Waals surface area contributed by atoms with E-state index < -0.39 is 5.15 Å². The van der Waals surface area contributed by atoms with Crippen molar-refractivity contribution in [3.05, 3.63) is 0 Å². The van der Waals surface area contributed by atoms with Gasteiger partial charge in [-0.2, -0.15) is 0 Å². The third-order valence-electron chi connectivity index (χ3n) is 2.93. The molecule has 0 N–H and O–H groups in total. The Bertz CT molecular complexity index is 164. The first-order valence-electron chi connectivity index (χ1n) is 5.40. The summed E-state index contributed by atoms with van der Waals surface area (Å²) in [5, 5.41) is -0.0984. The molecule has 0 atom stereocenters. The Morgan fingerprint density at radius 2 is 0.714 bits per heavy atom. The minimum atomic E-state index is -1.41. The van der Waals surface area contributed by atoms with Crippen LogP contribution in [0.3, 0.4) is 0 Å². The molecule has 92 valence electrons. The second kappa shape index (κ2) is 3.88. The van der Waals surface area contributed by atoms with Gasteiger partial charge < -0.3 is 0 Å². The predicted octanol–water partition coefficient (Wildman–Crippen LogP) is 4.59. The molecule has 0 fully saturated rings. The fourth-order valence-corrected chi connectivity index (χ4v) is 10.1. The molecule has 0 unspecified atom stereocenters. The van der Waals surface area contributed by atoms with Crippen LogP contribution in [0.4, 0.5) is 0 Å². The van der Waals surface area contributed by atoms with E-state index in [2.05, 4.69) is 82.9 Å². The molecule has 14 heavy (non-hydrogen) atoms. The zero-order valence-electron chi connectivity index (χ0n) is 11.3. The molecular weight excluding hydrogens is 372 g/mol. The van der Waals surface area contributed by atoms with Crippen molar-refractivity contribution in [1.82, 2.24) is 0 Å². The maximum atomic E-state index is 3.05. The molecule has 2 heteroatoms. The predicted molar refractivity (Wildman–Crippen MR) is 67.6 cm³/mol. The Balaban J connectivity index is 5.54. The van der Waals surface area contributed by atoms with Crippen LogP contribution in [0, 0.1) is 0 Å². The van der Waals surface area contributed by atoms with Crippen molar-refractivity contribution >= 4 is 5.15 Å². The second-order valence-corrected chi connectivity index (χ2v) is 17.9. The molecule has 0 heterocycles. The Labute approximate surface area is 103 Å². The topological polar surface area (TPSA) is 0 Å². The van der Waals surface area contributed by atoms with Crippen molar-refractivity contribution in [2.45, 2.75) is 77.8 Å². The molecule has 0 amide bonds. The molecule has 0 bridgehead atoms. The molecule has 0 saturated heterocycles. The van der Waals surface area contributed by atoms with Crippen LogP contribution in [0.25, 0.3) is 0 Å². The number of hydrogen-bond acceptors (Lipinski definition) is 0. The summed E-state index contributed by atoms with van der Waals surface area (Å²) >= 11 is 3.05. The molecule has 0 aliphatic heterocycles. The fourth-order valence-electron chi connectivity index (χ4n) is 3.38. The molecular formula is C12H28AuP. The molecule has 0 rings (SSSR count). The van der Waals surface area contributed by atoms with E-state index in [-0.39, 0.29) is 0 Å². The quantitative estimate of drug-likeness (QED) is 0.412. The van der Waals surface area contributed by atoms with Gasteiger partial charge in [0.25, 0.3) is 0 Å².